The predicted molar refractivity (Wildman–Crippen MR) is 85.7 cm³/mol. The molecule has 0 aliphatic rings. The van der Waals surface area contributed by atoms with Crippen molar-refractivity contribution >= 4 is 15.9 Å². The lowest BCUT2D eigenvalue weighted by molar-refractivity contribution is 0.238. The summed E-state index contributed by atoms with van der Waals surface area (Å²) in [5.74, 6) is 1.65. The minimum absolute atomic E-state index is 0.478. The number of nitrogens with one attached hydrogen (secondary N) is 1. The molecule has 0 aliphatic heterocycles. The highest BCUT2D eigenvalue weighted by Gasteiger charge is 2.09. The van der Waals surface area contributed by atoms with Gasteiger partial charge in [0.05, 0.1) is 6.61 Å². The molecule has 0 aliphatic carbocycles. The van der Waals surface area contributed by atoms with E-state index in [0.29, 0.717) is 12.0 Å². The van der Waals surface area contributed by atoms with Crippen molar-refractivity contribution in [2.45, 2.75) is 53.1 Å². The number of ether oxygens (including phenoxy) is 1. The average molecular weight is 328 g/mol. The second kappa shape index (κ2) is 8.60. The molecule has 0 atom stereocenters. The van der Waals surface area contributed by atoms with Crippen molar-refractivity contribution in [1.29, 1.82) is 0 Å². The highest BCUT2D eigenvalue weighted by atomic mass is 79.9. The number of rotatable bonds is 8. The van der Waals surface area contributed by atoms with E-state index < -0.39 is 0 Å². The van der Waals surface area contributed by atoms with E-state index in [4.69, 9.17) is 4.74 Å². The summed E-state index contributed by atoms with van der Waals surface area (Å²) in [5, 5.41) is 3.44. The van der Waals surface area contributed by atoms with E-state index in [9.17, 15) is 0 Å². The van der Waals surface area contributed by atoms with Crippen LogP contribution in [0.25, 0.3) is 0 Å². The molecule has 0 unspecified atom stereocenters. The first-order valence-electron chi connectivity index (χ1n) is 7.21. The Labute approximate surface area is 126 Å². The van der Waals surface area contributed by atoms with Crippen LogP contribution < -0.4 is 10.1 Å². The molecular weight excluding hydrogens is 302 g/mol. The van der Waals surface area contributed by atoms with Crippen molar-refractivity contribution in [2.75, 3.05) is 6.61 Å². The lowest BCUT2D eigenvalue weighted by Gasteiger charge is -2.17. The Hall–Kier alpha value is -0.540. The van der Waals surface area contributed by atoms with Crippen LogP contribution in [0.4, 0.5) is 0 Å². The normalized spacial score (nSPS) is 11.3. The van der Waals surface area contributed by atoms with Crippen molar-refractivity contribution in [1.82, 2.24) is 5.32 Å². The quantitative estimate of drug-likeness (QED) is 0.743. The number of hydrogen-bond acceptors (Lipinski definition) is 2. The van der Waals surface area contributed by atoms with Gasteiger partial charge in [0.1, 0.15) is 5.75 Å². The van der Waals surface area contributed by atoms with Gasteiger partial charge in [0.25, 0.3) is 0 Å². The monoisotopic (exact) mass is 327 g/mol. The molecule has 1 aromatic rings. The van der Waals surface area contributed by atoms with Crippen molar-refractivity contribution in [2.24, 2.45) is 5.92 Å². The van der Waals surface area contributed by atoms with E-state index in [2.05, 4.69) is 61.1 Å². The third kappa shape index (κ3) is 5.96. The topological polar surface area (TPSA) is 21.3 Å². The maximum Gasteiger partial charge on any atom is 0.123 e. The third-order valence-electron chi connectivity index (χ3n) is 3.35. The smallest absolute Gasteiger partial charge is 0.123 e. The van der Waals surface area contributed by atoms with Gasteiger partial charge in [0, 0.05) is 22.6 Å². The molecule has 0 fully saturated rings. The van der Waals surface area contributed by atoms with Crippen molar-refractivity contribution in [3.05, 3.63) is 28.2 Å². The average Bonchev–Trinajstić information content (AvgIpc) is 2.39. The molecule has 2 nitrogen and oxygen atoms in total. The molecule has 0 aromatic heterocycles. The fraction of sp³-hybridized carbons (Fsp3) is 0.625. The number of halogens is 1. The summed E-state index contributed by atoms with van der Waals surface area (Å²) in [4.78, 5) is 0. The van der Waals surface area contributed by atoms with Crippen molar-refractivity contribution in [3.63, 3.8) is 0 Å². The van der Waals surface area contributed by atoms with Crippen LogP contribution in [0.1, 0.15) is 46.1 Å². The van der Waals surface area contributed by atoms with Crippen LogP contribution in [-0.2, 0) is 6.54 Å². The van der Waals surface area contributed by atoms with Gasteiger partial charge in [-0.05, 0) is 24.1 Å². The zero-order valence-corrected chi connectivity index (χ0v) is 14.1. The number of hydrogen-bond donors (Lipinski definition) is 1. The maximum atomic E-state index is 6.01. The molecule has 0 amide bonds. The molecule has 19 heavy (non-hydrogen) atoms. The molecule has 108 valence electrons. The van der Waals surface area contributed by atoms with Crippen molar-refractivity contribution < 1.29 is 4.74 Å². The zero-order chi connectivity index (χ0) is 14.3. The lowest BCUT2D eigenvalue weighted by atomic mass is 10.1. The van der Waals surface area contributed by atoms with Gasteiger partial charge >= 0.3 is 0 Å². The summed E-state index contributed by atoms with van der Waals surface area (Å²) in [6.07, 6.45) is 2.35. The van der Waals surface area contributed by atoms with Crippen LogP contribution in [0, 0.1) is 5.92 Å². The van der Waals surface area contributed by atoms with Crippen LogP contribution in [-0.4, -0.2) is 12.6 Å². The lowest BCUT2D eigenvalue weighted by Crippen LogP contribution is -2.22. The molecule has 0 bridgehead atoms. The molecule has 0 radical (unpaired) electrons. The van der Waals surface area contributed by atoms with Crippen LogP contribution in [0.2, 0.25) is 0 Å². The largest absolute Gasteiger partial charge is 0.493 e. The maximum absolute atomic E-state index is 6.01. The van der Waals surface area contributed by atoms with Gasteiger partial charge < -0.3 is 10.1 Å². The Morgan fingerprint density at radius 3 is 2.47 bits per heavy atom. The van der Waals surface area contributed by atoms with E-state index in [0.717, 1.165) is 23.4 Å². The van der Waals surface area contributed by atoms with Crippen LogP contribution in [0.3, 0.4) is 0 Å². The second-order valence-electron chi connectivity index (χ2n) is 5.28. The van der Waals surface area contributed by atoms with Crippen LogP contribution in [0.5, 0.6) is 5.75 Å². The van der Waals surface area contributed by atoms with E-state index in [1.807, 2.05) is 6.07 Å². The van der Waals surface area contributed by atoms with Gasteiger partial charge in [-0.2, -0.15) is 0 Å². The Morgan fingerprint density at radius 2 is 1.89 bits per heavy atom. The van der Waals surface area contributed by atoms with Crippen LogP contribution >= 0.6 is 15.9 Å². The summed E-state index contributed by atoms with van der Waals surface area (Å²) in [6, 6.07) is 6.72. The summed E-state index contributed by atoms with van der Waals surface area (Å²) < 4.78 is 7.11. The van der Waals surface area contributed by atoms with Crippen LogP contribution in [0.15, 0.2) is 22.7 Å². The van der Waals surface area contributed by atoms with E-state index >= 15 is 0 Å². The molecule has 1 rings (SSSR count). The summed E-state index contributed by atoms with van der Waals surface area (Å²) >= 11 is 3.53. The summed E-state index contributed by atoms with van der Waals surface area (Å²) in [6.45, 7) is 10.4. The molecule has 3 heteroatoms. The van der Waals surface area contributed by atoms with Gasteiger partial charge in [0.15, 0.2) is 0 Å². The highest BCUT2D eigenvalue weighted by Crippen LogP contribution is 2.24. The van der Waals surface area contributed by atoms with Gasteiger partial charge in [-0.1, -0.05) is 56.5 Å². The first-order chi connectivity index (χ1) is 9.06. The third-order valence-corrected chi connectivity index (χ3v) is 3.85. The van der Waals surface area contributed by atoms with Gasteiger partial charge in [-0.25, -0.2) is 0 Å². The fourth-order valence-corrected chi connectivity index (χ4v) is 2.28. The zero-order valence-electron chi connectivity index (χ0n) is 12.5. The van der Waals surface area contributed by atoms with E-state index in [-0.39, 0.29) is 0 Å². The first-order valence-corrected chi connectivity index (χ1v) is 8.00. The minimum atomic E-state index is 0.478. The molecule has 0 spiro atoms. The van der Waals surface area contributed by atoms with Gasteiger partial charge in [-0.3, -0.25) is 0 Å². The Bertz CT molecular complexity index is 375. The summed E-state index contributed by atoms with van der Waals surface area (Å²) in [7, 11) is 0. The Balaban J connectivity index is 2.70. The molecular formula is C16H26BrNO. The highest BCUT2D eigenvalue weighted by molar-refractivity contribution is 9.10. The standard InChI is InChI=1S/C16H26BrNO/c1-5-13(6-2)11-19-16-8-7-15(17)9-14(16)10-18-12(3)4/h7-9,12-13,18H,5-6,10-11H2,1-4H3. The number of benzene rings is 1. The Morgan fingerprint density at radius 1 is 1.21 bits per heavy atom. The fourth-order valence-electron chi connectivity index (χ4n) is 1.87. The molecule has 0 saturated carbocycles. The van der Waals surface area contributed by atoms with E-state index in [1.54, 1.807) is 0 Å². The molecule has 1 aromatic carbocycles. The molecule has 1 N–H and O–H groups in total. The molecule has 0 saturated heterocycles. The van der Waals surface area contributed by atoms with Gasteiger partial charge in [0.2, 0.25) is 0 Å². The van der Waals surface area contributed by atoms with E-state index in [1.165, 1.54) is 18.4 Å². The first kappa shape index (κ1) is 16.5. The van der Waals surface area contributed by atoms with Crippen molar-refractivity contribution in [3.8, 4) is 5.75 Å². The Kier molecular flexibility index (Phi) is 7.47. The summed E-state index contributed by atoms with van der Waals surface area (Å²) in [5.41, 5.74) is 1.22. The predicted octanol–water partition coefficient (Wildman–Crippen LogP) is 4.76. The molecule has 0 heterocycles. The minimum Gasteiger partial charge on any atom is -0.493 e. The SMILES string of the molecule is CCC(CC)COc1ccc(Br)cc1CNC(C)C. The van der Waals surface area contributed by atoms with Gasteiger partial charge in [-0.15, -0.1) is 0 Å². The second-order valence-corrected chi connectivity index (χ2v) is 6.20.